The average Bonchev–Trinajstić information content (AvgIpc) is 2.34. The van der Waals surface area contributed by atoms with Crippen LogP contribution < -0.4 is 5.32 Å². The molecule has 1 rings (SSSR count). The van der Waals surface area contributed by atoms with Gasteiger partial charge in [-0.1, -0.05) is 18.2 Å². The highest BCUT2D eigenvalue weighted by molar-refractivity contribution is 5.69. The highest BCUT2D eigenvalue weighted by Crippen LogP contribution is 2.12. The van der Waals surface area contributed by atoms with Gasteiger partial charge in [-0.05, 0) is 50.4 Å². The summed E-state index contributed by atoms with van der Waals surface area (Å²) in [7, 11) is 0. The van der Waals surface area contributed by atoms with Gasteiger partial charge in [-0.2, -0.15) is 0 Å². The Morgan fingerprint density at radius 2 is 2.11 bits per heavy atom. The Morgan fingerprint density at radius 3 is 2.83 bits per heavy atom. The fourth-order valence-corrected chi connectivity index (χ4v) is 1.82. The van der Waals surface area contributed by atoms with Crippen LogP contribution in [0.4, 0.5) is 0 Å². The number of hydrogen-bond acceptors (Lipinski definition) is 3. The molecule has 3 nitrogen and oxygen atoms in total. The molecule has 1 N–H and O–H groups in total. The van der Waals surface area contributed by atoms with Gasteiger partial charge in [0.25, 0.3) is 0 Å². The number of hydrogen-bond donors (Lipinski definition) is 1. The van der Waals surface area contributed by atoms with Crippen LogP contribution in [0.3, 0.4) is 0 Å². The number of aryl methyl sites for hydroxylation is 1. The Kier molecular flexibility index (Phi) is 6.44. The predicted molar refractivity (Wildman–Crippen MR) is 73.5 cm³/mol. The van der Waals surface area contributed by atoms with Gasteiger partial charge < -0.3 is 10.1 Å². The minimum atomic E-state index is -0.106. The van der Waals surface area contributed by atoms with Crippen molar-refractivity contribution >= 4 is 5.97 Å². The first-order valence-corrected chi connectivity index (χ1v) is 6.56. The second-order valence-electron chi connectivity index (χ2n) is 4.44. The van der Waals surface area contributed by atoms with E-state index in [1.54, 1.807) is 0 Å². The molecule has 0 fully saturated rings. The van der Waals surface area contributed by atoms with Crippen LogP contribution in [0.15, 0.2) is 18.2 Å². The third kappa shape index (κ3) is 4.88. The van der Waals surface area contributed by atoms with E-state index in [9.17, 15) is 4.79 Å². The highest BCUT2D eigenvalue weighted by atomic mass is 16.5. The molecule has 0 bridgehead atoms. The van der Waals surface area contributed by atoms with E-state index in [1.165, 1.54) is 16.7 Å². The van der Waals surface area contributed by atoms with E-state index < -0.39 is 0 Å². The molecule has 0 radical (unpaired) electrons. The molecule has 0 aliphatic carbocycles. The van der Waals surface area contributed by atoms with Gasteiger partial charge in [0.2, 0.25) is 0 Å². The van der Waals surface area contributed by atoms with Gasteiger partial charge in [-0.15, -0.1) is 0 Å². The van der Waals surface area contributed by atoms with E-state index >= 15 is 0 Å². The van der Waals surface area contributed by atoms with Crippen molar-refractivity contribution in [3.63, 3.8) is 0 Å². The van der Waals surface area contributed by atoms with Crippen molar-refractivity contribution in [2.45, 2.75) is 40.2 Å². The molecule has 0 aliphatic heterocycles. The lowest BCUT2D eigenvalue weighted by atomic mass is 10.0. The van der Waals surface area contributed by atoms with Crippen LogP contribution in [-0.4, -0.2) is 19.1 Å². The first kappa shape index (κ1) is 14.7. The van der Waals surface area contributed by atoms with Crippen molar-refractivity contribution in [2.24, 2.45) is 0 Å². The summed E-state index contributed by atoms with van der Waals surface area (Å²) in [6.07, 6.45) is 1.32. The Hall–Kier alpha value is -1.35. The molecule has 0 spiro atoms. The summed E-state index contributed by atoms with van der Waals surface area (Å²) >= 11 is 0. The predicted octanol–water partition coefficient (Wildman–Crippen LogP) is 2.74. The maximum Gasteiger partial charge on any atom is 0.305 e. The molecule has 0 saturated heterocycles. The quantitative estimate of drug-likeness (QED) is 0.596. The summed E-state index contributed by atoms with van der Waals surface area (Å²) in [6, 6.07) is 6.35. The van der Waals surface area contributed by atoms with Crippen LogP contribution in [0.25, 0.3) is 0 Å². The molecule has 1 aromatic rings. The summed E-state index contributed by atoms with van der Waals surface area (Å²) < 4.78 is 4.87. The molecule has 100 valence electrons. The summed E-state index contributed by atoms with van der Waals surface area (Å²) in [5.74, 6) is -0.106. The first-order valence-electron chi connectivity index (χ1n) is 6.56. The molecule has 0 amide bonds. The SMILES string of the molecule is CCOC(=O)CCCNCc1cccc(C)c1C. The van der Waals surface area contributed by atoms with Gasteiger partial charge in [-0.25, -0.2) is 0 Å². The number of carbonyl (C=O) groups is 1. The van der Waals surface area contributed by atoms with Gasteiger partial charge in [0.05, 0.1) is 6.61 Å². The first-order chi connectivity index (χ1) is 8.65. The standard InChI is InChI=1S/C15H23NO2/c1-4-18-15(17)9-6-10-16-11-14-8-5-7-12(2)13(14)3/h5,7-8,16H,4,6,9-11H2,1-3H3. The van der Waals surface area contributed by atoms with Gasteiger partial charge in [0.15, 0.2) is 0 Å². The molecule has 0 heterocycles. The van der Waals surface area contributed by atoms with Gasteiger partial charge >= 0.3 is 5.97 Å². The fourth-order valence-electron chi connectivity index (χ4n) is 1.82. The Morgan fingerprint density at radius 1 is 1.33 bits per heavy atom. The number of esters is 1. The maximum atomic E-state index is 11.1. The lowest BCUT2D eigenvalue weighted by Crippen LogP contribution is -2.17. The normalized spacial score (nSPS) is 10.4. The molecular formula is C15H23NO2. The molecule has 3 heteroatoms. The monoisotopic (exact) mass is 249 g/mol. The van der Waals surface area contributed by atoms with Crippen LogP contribution in [0.5, 0.6) is 0 Å². The minimum absolute atomic E-state index is 0.106. The Labute approximate surface area is 110 Å². The lowest BCUT2D eigenvalue weighted by Gasteiger charge is -2.09. The highest BCUT2D eigenvalue weighted by Gasteiger charge is 2.02. The Balaban J connectivity index is 2.22. The third-order valence-electron chi connectivity index (χ3n) is 3.07. The summed E-state index contributed by atoms with van der Waals surface area (Å²) in [6.45, 7) is 8.26. The molecule has 0 saturated carbocycles. The molecular weight excluding hydrogens is 226 g/mol. The maximum absolute atomic E-state index is 11.1. The van der Waals surface area contributed by atoms with E-state index in [0.717, 1.165) is 19.5 Å². The van der Waals surface area contributed by atoms with E-state index in [4.69, 9.17) is 4.74 Å². The molecule has 0 aromatic heterocycles. The molecule has 0 aliphatic rings. The number of nitrogens with one attached hydrogen (secondary N) is 1. The van der Waals surface area contributed by atoms with Crippen molar-refractivity contribution in [3.05, 3.63) is 34.9 Å². The molecule has 0 unspecified atom stereocenters. The zero-order valence-corrected chi connectivity index (χ0v) is 11.6. The number of benzene rings is 1. The van der Waals surface area contributed by atoms with Crippen LogP contribution in [0.2, 0.25) is 0 Å². The number of carbonyl (C=O) groups excluding carboxylic acids is 1. The van der Waals surface area contributed by atoms with Crippen molar-refractivity contribution in [1.82, 2.24) is 5.32 Å². The van der Waals surface area contributed by atoms with Crippen LogP contribution in [0, 0.1) is 13.8 Å². The van der Waals surface area contributed by atoms with Gasteiger partial charge in [0.1, 0.15) is 0 Å². The van der Waals surface area contributed by atoms with E-state index in [1.807, 2.05) is 6.92 Å². The number of rotatable bonds is 7. The van der Waals surface area contributed by atoms with Crippen LogP contribution in [-0.2, 0) is 16.1 Å². The largest absolute Gasteiger partial charge is 0.466 e. The smallest absolute Gasteiger partial charge is 0.305 e. The summed E-state index contributed by atoms with van der Waals surface area (Å²) in [5, 5.41) is 3.36. The molecule has 18 heavy (non-hydrogen) atoms. The van der Waals surface area contributed by atoms with E-state index in [2.05, 4.69) is 37.4 Å². The molecule has 1 aromatic carbocycles. The van der Waals surface area contributed by atoms with Gasteiger partial charge in [-0.3, -0.25) is 4.79 Å². The van der Waals surface area contributed by atoms with Crippen molar-refractivity contribution in [3.8, 4) is 0 Å². The average molecular weight is 249 g/mol. The lowest BCUT2D eigenvalue weighted by molar-refractivity contribution is -0.143. The Bertz CT molecular complexity index is 388. The van der Waals surface area contributed by atoms with Crippen LogP contribution in [0.1, 0.15) is 36.5 Å². The summed E-state index contributed by atoms with van der Waals surface area (Å²) in [5.41, 5.74) is 3.99. The van der Waals surface area contributed by atoms with E-state index in [0.29, 0.717) is 13.0 Å². The second kappa shape index (κ2) is 7.88. The van der Waals surface area contributed by atoms with Crippen molar-refractivity contribution in [2.75, 3.05) is 13.2 Å². The van der Waals surface area contributed by atoms with Crippen molar-refractivity contribution < 1.29 is 9.53 Å². The second-order valence-corrected chi connectivity index (χ2v) is 4.44. The topological polar surface area (TPSA) is 38.3 Å². The third-order valence-corrected chi connectivity index (χ3v) is 3.07. The fraction of sp³-hybridized carbons (Fsp3) is 0.533. The number of ether oxygens (including phenoxy) is 1. The van der Waals surface area contributed by atoms with Crippen molar-refractivity contribution in [1.29, 1.82) is 0 Å². The summed E-state index contributed by atoms with van der Waals surface area (Å²) in [4.78, 5) is 11.1. The van der Waals surface area contributed by atoms with Gasteiger partial charge in [0, 0.05) is 13.0 Å². The van der Waals surface area contributed by atoms with E-state index in [-0.39, 0.29) is 5.97 Å². The zero-order valence-electron chi connectivity index (χ0n) is 11.6. The van der Waals surface area contributed by atoms with Crippen LogP contribution >= 0.6 is 0 Å². The zero-order chi connectivity index (χ0) is 13.4. The molecule has 0 atom stereocenters. The minimum Gasteiger partial charge on any atom is -0.466 e.